The number of esters is 1. The van der Waals surface area contributed by atoms with Gasteiger partial charge in [-0.15, -0.1) is 0 Å². The highest BCUT2D eigenvalue weighted by Gasteiger charge is 2.11. The van der Waals surface area contributed by atoms with E-state index in [1.54, 1.807) is 6.92 Å². The van der Waals surface area contributed by atoms with E-state index in [-0.39, 0.29) is 18.5 Å². The van der Waals surface area contributed by atoms with Crippen LogP contribution in [0.25, 0.3) is 0 Å². The summed E-state index contributed by atoms with van der Waals surface area (Å²) in [5, 5.41) is 0. The Morgan fingerprint density at radius 1 is 0.500 bits per heavy atom. The summed E-state index contributed by atoms with van der Waals surface area (Å²) in [4.78, 5) is 33.9. The lowest BCUT2D eigenvalue weighted by Crippen LogP contribution is -2.21. The molecule has 44 heavy (non-hydrogen) atoms. The van der Waals surface area contributed by atoms with Gasteiger partial charge in [0.1, 0.15) is 12.7 Å². The number of ether oxygens (including phenoxy) is 1. The molecule has 0 amide bonds. The van der Waals surface area contributed by atoms with Gasteiger partial charge in [0.05, 0.1) is 0 Å². The van der Waals surface area contributed by atoms with Crippen molar-refractivity contribution in [3.63, 3.8) is 0 Å². The molecule has 1 unspecified atom stereocenters. The van der Waals surface area contributed by atoms with Gasteiger partial charge in [-0.2, -0.15) is 4.89 Å². The Labute approximate surface area is 271 Å². The van der Waals surface area contributed by atoms with Crippen molar-refractivity contribution in [2.45, 2.75) is 181 Å². The largest absolute Gasteiger partial charge is 0.463 e. The number of carbonyl (C=O) groups is 2. The summed E-state index contributed by atoms with van der Waals surface area (Å²) in [7, 11) is 0. The second-order valence-corrected chi connectivity index (χ2v) is 12.0. The smallest absolute Gasteiger partial charge is 0.342 e. The molecule has 5 heteroatoms. The van der Waals surface area contributed by atoms with Gasteiger partial charge < -0.3 is 4.74 Å². The van der Waals surface area contributed by atoms with Crippen LogP contribution in [0.4, 0.5) is 0 Å². The number of allylic oxidation sites excluding steroid dienone is 8. The summed E-state index contributed by atoms with van der Waals surface area (Å²) in [6.07, 6.45) is 43.8. The third-order valence-corrected chi connectivity index (χ3v) is 7.45. The predicted octanol–water partition coefficient (Wildman–Crippen LogP) is 12.0. The summed E-state index contributed by atoms with van der Waals surface area (Å²) in [5.74, 6) is -0.582. The number of rotatable bonds is 32. The Balaban J connectivity index is 3.51. The topological polar surface area (TPSA) is 61.8 Å². The molecule has 0 aromatic rings. The molecule has 0 aliphatic rings. The minimum atomic E-state index is -0.475. The van der Waals surface area contributed by atoms with Gasteiger partial charge in [0, 0.05) is 12.8 Å². The van der Waals surface area contributed by atoms with E-state index in [0.717, 1.165) is 64.2 Å². The average Bonchev–Trinajstić information content (AvgIpc) is 3.02. The molecule has 0 saturated carbocycles. The Kier molecular flexibility index (Phi) is 33.6. The molecule has 0 rings (SSSR count). The van der Waals surface area contributed by atoms with Crippen molar-refractivity contribution in [1.29, 1.82) is 0 Å². The van der Waals surface area contributed by atoms with Crippen molar-refractivity contribution in [3.8, 4) is 0 Å². The molecule has 0 bridgehead atoms. The summed E-state index contributed by atoms with van der Waals surface area (Å²) in [6, 6.07) is 0. The van der Waals surface area contributed by atoms with Crippen LogP contribution in [0, 0.1) is 0 Å². The maximum atomic E-state index is 12.0. The Morgan fingerprint density at radius 3 is 1.34 bits per heavy atom. The summed E-state index contributed by atoms with van der Waals surface area (Å²) in [5.41, 5.74) is 0. The van der Waals surface area contributed by atoms with Crippen LogP contribution < -0.4 is 0 Å². The van der Waals surface area contributed by atoms with E-state index in [0.29, 0.717) is 12.8 Å². The first-order valence-corrected chi connectivity index (χ1v) is 18.2. The minimum absolute atomic E-state index is 0.0933. The molecule has 5 nitrogen and oxygen atoms in total. The van der Waals surface area contributed by atoms with Crippen molar-refractivity contribution in [3.05, 3.63) is 48.6 Å². The van der Waals surface area contributed by atoms with Crippen LogP contribution in [-0.2, 0) is 24.1 Å². The molecule has 0 fully saturated rings. The molecule has 0 N–H and O–H groups in total. The van der Waals surface area contributed by atoms with Crippen LogP contribution in [0.1, 0.15) is 175 Å². The Morgan fingerprint density at radius 2 is 0.886 bits per heavy atom. The van der Waals surface area contributed by atoms with Gasteiger partial charge in [0.25, 0.3) is 0 Å². The molecule has 0 radical (unpaired) electrons. The molecule has 254 valence electrons. The van der Waals surface area contributed by atoms with Gasteiger partial charge in [0.2, 0.25) is 0 Å². The van der Waals surface area contributed by atoms with E-state index in [4.69, 9.17) is 14.5 Å². The number of hydrogen-bond donors (Lipinski definition) is 0. The molecule has 0 heterocycles. The molecule has 0 aromatic carbocycles. The van der Waals surface area contributed by atoms with Gasteiger partial charge in [-0.1, -0.05) is 127 Å². The first kappa shape index (κ1) is 41.9. The van der Waals surface area contributed by atoms with Crippen LogP contribution >= 0.6 is 0 Å². The fourth-order valence-electron chi connectivity index (χ4n) is 4.65. The van der Waals surface area contributed by atoms with Gasteiger partial charge in [0.15, 0.2) is 0 Å². The first-order chi connectivity index (χ1) is 21.6. The van der Waals surface area contributed by atoms with Crippen LogP contribution in [-0.4, -0.2) is 24.6 Å². The number of unbranched alkanes of at least 4 members (excludes halogenated alkanes) is 16. The zero-order valence-corrected chi connectivity index (χ0v) is 28.9. The summed E-state index contributed by atoms with van der Waals surface area (Å²) >= 11 is 0. The lowest BCUT2D eigenvalue weighted by atomic mass is 10.1. The third kappa shape index (κ3) is 34.4. The first-order valence-electron chi connectivity index (χ1n) is 18.2. The molecule has 1 atom stereocenters. The van der Waals surface area contributed by atoms with Crippen LogP contribution in [0.5, 0.6) is 0 Å². The summed E-state index contributed by atoms with van der Waals surface area (Å²) < 4.78 is 5.27. The van der Waals surface area contributed by atoms with Crippen molar-refractivity contribution in [2.75, 3.05) is 6.61 Å². The highest BCUT2D eigenvalue weighted by Crippen LogP contribution is 2.11. The van der Waals surface area contributed by atoms with E-state index in [1.807, 2.05) is 0 Å². The Hall–Kier alpha value is -2.14. The molecule has 0 aliphatic heterocycles. The lowest BCUT2D eigenvalue weighted by Gasteiger charge is -2.12. The quantitative estimate of drug-likeness (QED) is 0.0247. The zero-order valence-electron chi connectivity index (χ0n) is 28.9. The average molecular weight is 617 g/mol. The van der Waals surface area contributed by atoms with Crippen LogP contribution in [0.15, 0.2) is 48.6 Å². The molecule has 0 aromatic heterocycles. The van der Waals surface area contributed by atoms with Crippen molar-refractivity contribution < 1.29 is 24.1 Å². The predicted molar refractivity (Wildman–Crippen MR) is 186 cm³/mol. The SMILES string of the molecule is CCCCC/C=C\C/C=C\CCCCCCCC(=O)OCC(C)OOC(=O)CCCCCCC/C=C\C/C=C\CCCCC. The maximum Gasteiger partial charge on any atom is 0.342 e. The maximum absolute atomic E-state index is 12.0. The normalized spacial score (nSPS) is 12.7. The highest BCUT2D eigenvalue weighted by molar-refractivity contribution is 5.69. The summed E-state index contributed by atoms with van der Waals surface area (Å²) in [6.45, 7) is 6.30. The van der Waals surface area contributed by atoms with Crippen molar-refractivity contribution in [1.82, 2.24) is 0 Å². The molecule has 0 spiro atoms. The second-order valence-electron chi connectivity index (χ2n) is 12.0. The van der Waals surface area contributed by atoms with Gasteiger partial charge in [-0.3, -0.25) is 9.68 Å². The molecule has 0 aliphatic carbocycles. The lowest BCUT2D eigenvalue weighted by molar-refractivity contribution is -0.299. The Bertz CT molecular complexity index is 690. The molecular weight excluding hydrogens is 548 g/mol. The highest BCUT2D eigenvalue weighted by atomic mass is 17.2. The molecular formula is C39H68O5. The van der Waals surface area contributed by atoms with E-state index in [9.17, 15) is 9.59 Å². The fourth-order valence-corrected chi connectivity index (χ4v) is 4.65. The zero-order chi connectivity index (χ0) is 32.2. The van der Waals surface area contributed by atoms with E-state index in [1.165, 1.54) is 77.0 Å². The fraction of sp³-hybridized carbons (Fsp3) is 0.744. The van der Waals surface area contributed by atoms with Crippen molar-refractivity contribution in [2.24, 2.45) is 0 Å². The van der Waals surface area contributed by atoms with Gasteiger partial charge >= 0.3 is 11.9 Å². The van der Waals surface area contributed by atoms with Gasteiger partial charge in [-0.25, -0.2) is 4.79 Å². The third-order valence-electron chi connectivity index (χ3n) is 7.45. The number of carbonyl (C=O) groups excluding carboxylic acids is 2. The van der Waals surface area contributed by atoms with Crippen molar-refractivity contribution >= 4 is 11.9 Å². The standard InChI is InChI=1S/C39H68O5/c1-4-6-8-10-12-14-16-18-20-22-24-26-28-30-32-34-38(40)42-36-37(3)43-44-39(41)35-33-31-29-27-25-23-21-19-17-15-13-11-9-7-5-2/h12-15,18-21,37H,4-11,16-17,22-36H2,1-3H3/b14-12-,15-13-,20-18-,21-19-. The van der Waals surface area contributed by atoms with E-state index in [2.05, 4.69) is 62.5 Å². The van der Waals surface area contributed by atoms with E-state index < -0.39 is 6.10 Å². The van der Waals surface area contributed by atoms with E-state index >= 15 is 0 Å². The molecule has 0 saturated heterocycles. The number of hydrogen-bond acceptors (Lipinski definition) is 5. The second kappa shape index (κ2) is 35.3. The van der Waals surface area contributed by atoms with Crippen LogP contribution in [0.2, 0.25) is 0 Å². The van der Waals surface area contributed by atoms with Gasteiger partial charge in [-0.05, 0) is 84.0 Å². The minimum Gasteiger partial charge on any atom is -0.463 e. The monoisotopic (exact) mass is 617 g/mol. The van der Waals surface area contributed by atoms with Crippen LogP contribution in [0.3, 0.4) is 0 Å².